The second kappa shape index (κ2) is 13.4. The number of carboxylic acid groups (broad SMARTS) is 2. The van der Waals surface area contributed by atoms with Gasteiger partial charge in [0.05, 0.1) is 0 Å². The van der Waals surface area contributed by atoms with Crippen LogP contribution < -0.4 is 0 Å². The van der Waals surface area contributed by atoms with Gasteiger partial charge in [-0.2, -0.15) is 0 Å². The number of aliphatic hydroxyl groups is 2. The Morgan fingerprint density at radius 2 is 0.929 bits per heavy atom. The van der Waals surface area contributed by atoms with Gasteiger partial charge in [-0.3, -0.25) is 0 Å². The fourth-order valence-corrected chi connectivity index (χ4v) is 0. The van der Waals surface area contributed by atoms with Crippen LogP contribution in [0, 0.1) is 0 Å². The third-order valence-corrected chi connectivity index (χ3v) is 0.715. The Bertz CT molecular complexity index is 140. The molecular weight excluding hydrogens is 217 g/mol. The number of aliphatic hydroxyl groups excluding tert-OH is 2. The lowest BCUT2D eigenvalue weighted by Crippen LogP contribution is -2.13. The van der Waals surface area contributed by atoms with E-state index in [9.17, 15) is 9.59 Å². The van der Waals surface area contributed by atoms with E-state index in [1.165, 1.54) is 13.8 Å². The molecule has 6 nitrogen and oxygen atoms in total. The molecule has 14 heavy (non-hydrogen) atoms. The molecule has 0 fully saturated rings. The van der Waals surface area contributed by atoms with Gasteiger partial charge in [-0.15, -0.1) is 0 Å². The SMILES string of the molecule is CC(O)C(=O)O.CC(O)C(=O)O.[MgH2].[MgH2]. The minimum Gasteiger partial charge on any atom is -0.479 e. The lowest BCUT2D eigenvalue weighted by Gasteiger charge is -1.89. The molecule has 0 aromatic carbocycles. The molecule has 0 aliphatic carbocycles. The lowest BCUT2D eigenvalue weighted by molar-refractivity contribution is -0.146. The summed E-state index contributed by atoms with van der Waals surface area (Å²) < 4.78 is 0. The van der Waals surface area contributed by atoms with E-state index in [4.69, 9.17) is 20.4 Å². The number of hydrogen-bond donors (Lipinski definition) is 4. The van der Waals surface area contributed by atoms with E-state index in [1.54, 1.807) is 0 Å². The summed E-state index contributed by atoms with van der Waals surface area (Å²) in [6, 6.07) is 0. The Kier molecular flexibility index (Phi) is 22.9. The summed E-state index contributed by atoms with van der Waals surface area (Å²) >= 11 is 0. The average Bonchev–Trinajstić information content (AvgIpc) is 1.88. The number of hydrogen-bond acceptors (Lipinski definition) is 4. The zero-order valence-electron chi connectivity index (χ0n) is 6.76. The van der Waals surface area contributed by atoms with Crippen LogP contribution in [0.5, 0.6) is 0 Å². The molecule has 0 aromatic heterocycles. The minimum absolute atomic E-state index is 0. The number of carboxylic acids is 2. The highest BCUT2D eigenvalue weighted by Gasteiger charge is 2.01. The summed E-state index contributed by atoms with van der Waals surface area (Å²) in [5.74, 6) is -2.37. The first-order valence-corrected chi connectivity index (χ1v) is 3.10. The molecular formula is C6H16Mg2O6. The van der Waals surface area contributed by atoms with Crippen molar-refractivity contribution in [3.63, 3.8) is 0 Å². The zero-order chi connectivity index (χ0) is 10.3. The highest BCUT2D eigenvalue weighted by atomic mass is 24.3. The fourth-order valence-electron chi connectivity index (χ4n) is 0. The van der Waals surface area contributed by atoms with Crippen molar-refractivity contribution < 1.29 is 30.0 Å². The minimum atomic E-state index is -1.23. The third kappa shape index (κ3) is 22.8. The molecule has 0 aliphatic rings. The molecule has 0 aromatic rings. The van der Waals surface area contributed by atoms with E-state index in [0.717, 1.165) is 0 Å². The monoisotopic (exact) mass is 232 g/mol. The summed E-state index contributed by atoms with van der Waals surface area (Å²) in [6.07, 6.45) is -2.46. The van der Waals surface area contributed by atoms with Gasteiger partial charge in [0.15, 0.2) is 0 Å². The molecule has 0 heterocycles. The Labute approximate surface area is 114 Å². The standard InChI is InChI=1S/2C3H6O3.2Mg.4H/c2*1-2(4)3(5)6;;;;;;/h2*2,4H,1H3,(H,5,6);;;;;;. The van der Waals surface area contributed by atoms with Gasteiger partial charge in [-0.1, -0.05) is 0 Å². The van der Waals surface area contributed by atoms with Crippen LogP contribution >= 0.6 is 0 Å². The van der Waals surface area contributed by atoms with E-state index < -0.39 is 24.1 Å². The second-order valence-corrected chi connectivity index (χ2v) is 2.03. The number of aliphatic carboxylic acids is 2. The summed E-state index contributed by atoms with van der Waals surface area (Å²) in [7, 11) is 0. The van der Waals surface area contributed by atoms with Crippen LogP contribution in [0.25, 0.3) is 0 Å². The van der Waals surface area contributed by atoms with Crippen molar-refractivity contribution in [3.8, 4) is 0 Å². The van der Waals surface area contributed by atoms with Crippen molar-refractivity contribution in [1.82, 2.24) is 0 Å². The Balaban J connectivity index is -0.0000000625. The van der Waals surface area contributed by atoms with E-state index in [2.05, 4.69) is 0 Å². The highest BCUT2D eigenvalue weighted by Crippen LogP contribution is 1.73. The summed E-state index contributed by atoms with van der Waals surface area (Å²) in [5, 5.41) is 31.5. The maximum atomic E-state index is 9.45. The van der Waals surface area contributed by atoms with Gasteiger partial charge in [0.25, 0.3) is 0 Å². The molecule has 4 N–H and O–H groups in total. The predicted molar refractivity (Wildman–Crippen MR) is 55.7 cm³/mol. The van der Waals surface area contributed by atoms with Gasteiger partial charge >= 0.3 is 58.0 Å². The van der Waals surface area contributed by atoms with Crippen molar-refractivity contribution in [2.45, 2.75) is 26.1 Å². The summed E-state index contributed by atoms with van der Waals surface area (Å²) in [6.45, 7) is 2.39. The maximum Gasteiger partial charge on any atom is 0.332 e. The average molecular weight is 233 g/mol. The summed E-state index contributed by atoms with van der Waals surface area (Å²) in [5.41, 5.74) is 0. The molecule has 0 amide bonds. The first kappa shape index (κ1) is 23.9. The topological polar surface area (TPSA) is 115 Å². The van der Waals surface area contributed by atoms with Gasteiger partial charge in [-0.25, -0.2) is 9.59 Å². The van der Waals surface area contributed by atoms with Crippen molar-refractivity contribution in [2.24, 2.45) is 0 Å². The van der Waals surface area contributed by atoms with E-state index >= 15 is 0 Å². The van der Waals surface area contributed by atoms with E-state index in [1.807, 2.05) is 0 Å². The van der Waals surface area contributed by atoms with Gasteiger partial charge in [0, 0.05) is 0 Å². The van der Waals surface area contributed by atoms with E-state index in [0.29, 0.717) is 0 Å². The zero-order valence-corrected chi connectivity index (χ0v) is 6.76. The van der Waals surface area contributed by atoms with Crippen LogP contribution in [0.15, 0.2) is 0 Å². The maximum absolute atomic E-state index is 9.45. The van der Waals surface area contributed by atoms with Crippen molar-refractivity contribution >= 4 is 58.0 Å². The Morgan fingerprint density at radius 1 is 0.857 bits per heavy atom. The molecule has 80 valence electrons. The van der Waals surface area contributed by atoms with Crippen LogP contribution in [0.2, 0.25) is 0 Å². The molecule has 8 heteroatoms. The normalized spacial score (nSPS) is 11.7. The van der Waals surface area contributed by atoms with Gasteiger partial charge < -0.3 is 20.4 Å². The van der Waals surface area contributed by atoms with Crippen molar-refractivity contribution in [1.29, 1.82) is 0 Å². The quantitative estimate of drug-likeness (QED) is 0.379. The van der Waals surface area contributed by atoms with Crippen LogP contribution in [-0.2, 0) is 9.59 Å². The first-order chi connectivity index (χ1) is 5.29. The van der Waals surface area contributed by atoms with Crippen molar-refractivity contribution in [2.75, 3.05) is 0 Å². The van der Waals surface area contributed by atoms with Gasteiger partial charge in [0.2, 0.25) is 0 Å². The number of rotatable bonds is 2. The molecule has 2 unspecified atom stereocenters. The van der Waals surface area contributed by atoms with Crippen LogP contribution in [0.1, 0.15) is 13.8 Å². The molecule has 0 aliphatic heterocycles. The van der Waals surface area contributed by atoms with Crippen LogP contribution in [0.4, 0.5) is 0 Å². The lowest BCUT2D eigenvalue weighted by atomic mass is 10.4. The van der Waals surface area contributed by atoms with E-state index in [-0.39, 0.29) is 46.1 Å². The molecule has 0 spiro atoms. The molecule has 0 bridgehead atoms. The first-order valence-electron chi connectivity index (χ1n) is 3.10. The molecule has 0 rings (SSSR count). The number of carbonyl (C=O) groups is 2. The highest BCUT2D eigenvalue weighted by molar-refractivity contribution is 5.76. The summed E-state index contributed by atoms with van der Waals surface area (Å²) in [4.78, 5) is 18.9. The molecule has 2 atom stereocenters. The second-order valence-electron chi connectivity index (χ2n) is 2.03. The molecule has 0 radical (unpaired) electrons. The largest absolute Gasteiger partial charge is 0.479 e. The smallest absolute Gasteiger partial charge is 0.332 e. The van der Waals surface area contributed by atoms with Gasteiger partial charge in [0.1, 0.15) is 12.2 Å². The predicted octanol–water partition coefficient (Wildman–Crippen LogP) is -2.93. The molecule has 0 saturated heterocycles. The van der Waals surface area contributed by atoms with Crippen LogP contribution in [-0.4, -0.2) is 90.7 Å². The van der Waals surface area contributed by atoms with Gasteiger partial charge in [-0.05, 0) is 13.8 Å². The van der Waals surface area contributed by atoms with Crippen molar-refractivity contribution in [3.05, 3.63) is 0 Å². The van der Waals surface area contributed by atoms with Crippen LogP contribution in [0.3, 0.4) is 0 Å². The molecule has 0 saturated carbocycles. The fraction of sp³-hybridized carbons (Fsp3) is 0.667. The Morgan fingerprint density at radius 3 is 0.929 bits per heavy atom. The Hall–Kier alpha value is 0.392. The third-order valence-electron chi connectivity index (χ3n) is 0.715.